The minimum Gasteiger partial charge on any atom is -0.325 e. The number of carbonyl (C=O) groups excluding carboxylic acids is 1. The van der Waals surface area contributed by atoms with E-state index in [0.29, 0.717) is 34.6 Å². The Morgan fingerprint density at radius 2 is 1.97 bits per heavy atom. The summed E-state index contributed by atoms with van der Waals surface area (Å²) in [6.45, 7) is 6.07. The van der Waals surface area contributed by atoms with Gasteiger partial charge in [0.2, 0.25) is 15.9 Å². The number of pyridine rings is 1. The third-order valence-corrected chi connectivity index (χ3v) is 7.76. The van der Waals surface area contributed by atoms with Crippen LogP contribution in [0.25, 0.3) is 5.65 Å². The van der Waals surface area contributed by atoms with Crippen LogP contribution in [0.3, 0.4) is 0 Å². The van der Waals surface area contributed by atoms with Crippen LogP contribution < -0.4 is 5.32 Å². The summed E-state index contributed by atoms with van der Waals surface area (Å²) in [6.07, 6.45) is 1.49. The van der Waals surface area contributed by atoms with Crippen molar-refractivity contribution < 1.29 is 13.2 Å². The molecule has 1 N–H and O–H groups in total. The molecule has 0 aliphatic rings. The second-order valence-electron chi connectivity index (χ2n) is 6.42. The van der Waals surface area contributed by atoms with Gasteiger partial charge in [-0.3, -0.25) is 9.20 Å². The number of hydrogen-bond acceptors (Lipinski definition) is 6. The molecule has 3 aromatic rings. The van der Waals surface area contributed by atoms with Crippen molar-refractivity contribution in [3.8, 4) is 0 Å². The van der Waals surface area contributed by atoms with E-state index in [9.17, 15) is 13.2 Å². The molecule has 0 aliphatic heterocycles. The van der Waals surface area contributed by atoms with Crippen molar-refractivity contribution in [2.24, 2.45) is 0 Å². The van der Waals surface area contributed by atoms with Crippen molar-refractivity contribution in [3.05, 3.63) is 47.6 Å². The van der Waals surface area contributed by atoms with E-state index in [0.717, 1.165) is 0 Å². The molecule has 0 radical (unpaired) electrons. The number of amides is 1. The Hall–Kier alpha value is -2.14. The zero-order chi connectivity index (χ0) is 21.9. The summed E-state index contributed by atoms with van der Waals surface area (Å²) >= 11 is 7.14. The molecule has 0 bridgehead atoms. The minimum atomic E-state index is -3.62. The molecule has 8 nitrogen and oxygen atoms in total. The van der Waals surface area contributed by atoms with E-state index in [2.05, 4.69) is 15.5 Å². The lowest BCUT2D eigenvalue weighted by Crippen LogP contribution is -2.30. The molecule has 1 aromatic carbocycles. The van der Waals surface area contributed by atoms with Crippen molar-refractivity contribution in [2.75, 3.05) is 18.4 Å². The molecule has 0 saturated carbocycles. The first-order chi connectivity index (χ1) is 14.3. The third-order valence-electron chi connectivity index (χ3n) is 4.43. The zero-order valence-electron chi connectivity index (χ0n) is 16.7. The van der Waals surface area contributed by atoms with Gasteiger partial charge >= 0.3 is 0 Å². The van der Waals surface area contributed by atoms with Gasteiger partial charge in [-0.15, -0.1) is 10.2 Å². The second-order valence-corrected chi connectivity index (χ2v) is 10.1. The van der Waals surface area contributed by atoms with Crippen LogP contribution in [0.2, 0.25) is 5.02 Å². The van der Waals surface area contributed by atoms with Crippen LogP contribution in [0.4, 0.5) is 5.69 Å². The molecule has 1 atom stereocenters. The lowest BCUT2D eigenvalue weighted by molar-refractivity contribution is -0.115. The molecule has 2 aromatic heterocycles. The maximum atomic E-state index is 12.8. The Kier molecular flexibility index (Phi) is 7.02. The number of hydrogen-bond donors (Lipinski definition) is 1. The summed E-state index contributed by atoms with van der Waals surface area (Å²) in [5.41, 5.74) is 1.09. The largest absolute Gasteiger partial charge is 0.325 e. The number of sulfonamides is 1. The van der Waals surface area contributed by atoms with E-state index < -0.39 is 15.3 Å². The van der Waals surface area contributed by atoms with Gasteiger partial charge in [0.15, 0.2) is 10.8 Å². The van der Waals surface area contributed by atoms with Gasteiger partial charge in [0.1, 0.15) is 0 Å². The van der Waals surface area contributed by atoms with Gasteiger partial charge < -0.3 is 5.32 Å². The van der Waals surface area contributed by atoms with Crippen LogP contribution >= 0.6 is 23.4 Å². The Balaban J connectivity index is 1.83. The average Bonchev–Trinajstić information content (AvgIpc) is 3.10. The summed E-state index contributed by atoms with van der Waals surface area (Å²) in [6, 6.07) is 10.00. The van der Waals surface area contributed by atoms with Gasteiger partial charge in [-0.1, -0.05) is 43.3 Å². The van der Waals surface area contributed by atoms with E-state index in [1.54, 1.807) is 55.5 Å². The molecule has 0 fully saturated rings. The summed E-state index contributed by atoms with van der Waals surface area (Å²) in [7, 11) is -3.62. The van der Waals surface area contributed by atoms with E-state index in [-0.39, 0.29) is 10.8 Å². The number of nitrogens with one attached hydrogen (secondary N) is 1. The number of benzene rings is 1. The van der Waals surface area contributed by atoms with Crippen LogP contribution in [0, 0.1) is 0 Å². The number of fused-ring (bicyclic) bond motifs is 1. The molecule has 160 valence electrons. The molecule has 0 saturated heterocycles. The Bertz CT molecular complexity index is 1160. The standard InChI is InChI=1S/C19H22ClN5O3S2/c1-4-24(5-2)30(27,28)16-9-10-17-22-23-19(25(17)12-16)29-13(3)18(26)21-15-8-6-7-14(20)11-15/h6-13H,4-5H2,1-3H3,(H,21,26)/t13-/m1/s1. The topological polar surface area (TPSA) is 96.7 Å². The summed E-state index contributed by atoms with van der Waals surface area (Å²) < 4.78 is 28.6. The molecule has 11 heteroatoms. The molecule has 0 unspecified atom stereocenters. The number of rotatable bonds is 8. The lowest BCUT2D eigenvalue weighted by atomic mass is 10.3. The van der Waals surface area contributed by atoms with Crippen molar-refractivity contribution in [1.82, 2.24) is 18.9 Å². The predicted octanol–water partition coefficient (Wildman–Crippen LogP) is 3.53. The summed E-state index contributed by atoms with van der Waals surface area (Å²) in [5.74, 6) is -0.231. The van der Waals surface area contributed by atoms with Gasteiger partial charge in [0.25, 0.3) is 0 Å². The highest BCUT2D eigenvalue weighted by molar-refractivity contribution is 8.00. The summed E-state index contributed by atoms with van der Waals surface area (Å²) in [5, 5.41) is 11.4. The first kappa shape index (κ1) is 22.5. The number of thioether (sulfide) groups is 1. The lowest BCUT2D eigenvalue weighted by Gasteiger charge is -2.18. The van der Waals surface area contributed by atoms with Crippen molar-refractivity contribution in [2.45, 2.75) is 36.1 Å². The van der Waals surface area contributed by atoms with Gasteiger partial charge in [-0.2, -0.15) is 4.31 Å². The minimum absolute atomic E-state index is 0.149. The highest BCUT2D eigenvalue weighted by atomic mass is 35.5. The molecular formula is C19H22ClN5O3S2. The molecule has 1 amide bonds. The highest BCUT2D eigenvalue weighted by Gasteiger charge is 2.24. The quantitative estimate of drug-likeness (QED) is 0.509. The monoisotopic (exact) mass is 467 g/mol. The number of aromatic nitrogens is 3. The second kappa shape index (κ2) is 9.34. The number of carbonyl (C=O) groups is 1. The van der Waals surface area contributed by atoms with E-state index >= 15 is 0 Å². The maximum absolute atomic E-state index is 12.8. The fraction of sp³-hybridized carbons (Fsp3) is 0.316. The maximum Gasteiger partial charge on any atom is 0.244 e. The van der Waals surface area contributed by atoms with Crippen LogP contribution in [0.15, 0.2) is 52.6 Å². The van der Waals surface area contributed by atoms with E-state index in [4.69, 9.17) is 11.6 Å². The molecular weight excluding hydrogens is 446 g/mol. The Morgan fingerprint density at radius 1 is 1.23 bits per heavy atom. The Morgan fingerprint density at radius 3 is 2.63 bits per heavy atom. The van der Waals surface area contributed by atoms with Crippen LogP contribution in [0.1, 0.15) is 20.8 Å². The van der Waals surface area contributed by atoms with Crippen molar-refractivity contribution in [3.63, 3.8) is 0 Å². The first-order valence-electron chi connectivity index (χ1n) is 9.34. The SMILES string of the molecule is CCN(CC)S(=O)(=O)c1ccc2nnc(S[C@H](C)C(=O)Nc3cccc(Cl)c3)n2c1. The third kappa shape index (κ3) is 4.77. The van der Waals surface area contributed by atoms with E-state index in [1.807, 2.05) is 0 Å². The smallest absolute Gasteiger partial charge is 0.244 e. The number of halogens is 1. The normalized spacial score (nSPS) is 13.0. The van der Waals surface area contributed by atoms with Crippen LogP contribution in [-0.2, 0) is 14.8 Å². The fourth-order valence-electron chi connectivity index (χ4n) is 2.82. The first-order valence-corrected chi connectivity index (χ1v) is 12.0. The fourth-order valence-corrected chi connectivity index (χ4v) is 5.29. The average molecular weight is 468 g/mol. The van der Waals surface area contributed by atoms with Gasteiger partial charge in [-0.05, 0) is 37.3 Å². The molecule has 3 rings (SSSR count). The van der Waals surface area contributed by atoms with Crippen LogP contribution in [-0.4, -0.2) is 51.6 Å². The molecule has 30 heavy (non-hydrogen) atoms. The highest BCUT2D eigenvalue weighted by Crippen LogP contribution is 2.25. The van der Waals surface area contributed by atoms with Crippen LogP contribution in [0.5, 0.6) is 0 Å². The number of nitrogens with zero attached hydrogens (tertiary/aromatic N) is 4. The molecule has 2 heterocycles. The van der Waals surface area contributed by atoms with Crippen molar-refractivity contribution in [1.29, 1.82) is 0 Å². The van der Waals surface area contributed by atoms with Crippen molar-refractivity contribution >= 4 is 50.6 Å². The number of anilines is 1. The van der Waals surface area contributed by atoms with Gasteiger partial charge in [-0.25, -0.2) is 8.42 Å². The Labute approximate surface area is 184 Å². The van der Waals surface area contributed by atoms with Gasteiger partial charge in [0.05, 0.1) is 10.1 Å². The molecule has 0 spiro atoms. The predicted molar refractivity (Wildman–Crippen MR) is 118 cm³/mol. The van der Waals surface area contributed by atoms with E-state index in [1.165, 1.54) is 28.3 Å². The van der Waals surface area contributed by atoms with Gasteiger partial charge in [0, 0.05) is 30.0 Å². The molecule has 0 aliphatic carbocycles. The summed E-state index contributed by atoms with van der Waals surface area (Å²) in [4.78, 5) is 12.7. The zero-order valence-corrected chi connectivity index (χ0v) is 19.1.